The minimum atomic E-state index is -0.251. The maximum absolute atomic E-state index is 9.19. The van der Waals surface area contributed by atoms with Gasteiger partial charge in [-0.15, -0.1) is 0 Å². The SMILES string of the molecule is CCC(C#N)(CC)CCOc1cccc(Cl)c1. The van der Waals surface area contributed by atoms with Crippen LogP contribution in [0.15, 0.2) is 24.3 Å². The van der Waals surface area contributed by atoms with Crippen molar-refractivity contribution in [2.75, 3.05) is 6.61 Å². The van der Waals surface area contributed by atoms with Crippen LogP contribution < -0.4 is 4.74 Å². The third-order valence-electron chi connectivity index (χ3n) is 3.24. The number of hydrogen-bond acceptors (Lipinski definition) is 2. The van der Waals surface area contributed by atoms with Crippen LogP contribution in [-0.2, 0) is 0 Å². The van der Waals surface area contributed by atoms with Gasteiger partial charge < -0.3 is 4.74 Å². The maximum Gasteiger partial charge on any atom is 0.120 e. The van der Waals surface area contributed by atoms with E-state index in [9.17, 15) is 5.26 Å². The summed E-state index contributed by atoms with van der Waals surface area (Å²) in [6, 6.07) is 9.73. The molecule has 0 amide bonds. The Balaban J connectivity index is 2.50. The Morgan fingerprint density at radius 1 is 1.35 bits per heavy atom. The molecule has 1 rings (SSSR count). The first-order chi connectivity index (χ1) is 8.15. The second kappa shape index (κ2) is 6.51. The molecule has 0 aliphatic rings. The third-order valence-corrected chi connectivity index (χ3v) is 3.47. The van der Waals surface area contributed by atoms with Crippen LogP contribution in [0.4, 0.5) is 0 Å². The van der Waals surface area contributed by atoms with E-state index in [4.69, 9.17) is 16.3 Å². The summed E-state index contributed by atoms with van der Waals surface area (Å²) in [5.74, 6) is 0.761. The van der Waals surface area contributed by atoms with Gasteiger partial charge in [0.25, 0.3) is 0 Å². The molecule has 0 aromatic heterocycles. The molecule has 0 radical (unpaired) electrons. The predicted octanol–water partition coefficient (Wildman–Crippen LogP) is 4.44. The minimum absolute atomic E-state index is 0.251. The van der Waals surface area contributed by atoms with Gasteiger partial charge in [-0.1, -0.05) is 31.5 Å². The number of nitrogens with zero attached hydrogens (tertiary/aromatic N) is 1. The van der Waals surface area contributed by atoms with Crippen molar-refractivity contribution in [1.29, 1.82) is 5.26 Å². The molecule has 3 heteroatoms. The normalized spacial score (nSPS) is 10.9. The van der Waals surface area contributed by atoms with Crippen LogP contribution in [0.25, 0.3) is 0 Å². The van der Waals surface area contributed by atoms with E-state index < -0.39 is 0 Å². The van der Waals surface area contributed by atoms with Crippen molar-refractivity contribution in [3.63, 3.8) is 0 Å². The minimum Gasteiger partial charge on any atom is -0.493 e. The van der Waals surface area contributed by atoms with Crippen molar-refractivity contribution < 1.29 is 4.74 Å². The lowest BCUT2D eigenvalue weighted by Crippen LogP contribution is -2.19. The van der Waals surface area contributed by atoms with Gasteiger partial charge in [0.1, 0.15) is 5.75 Å². The molecule has 0 fully saturated rings. The van der Waals surface area contributed by atoms with E-state index in [2.05, 4.69) is 6.07 Å². The zero-order valence-corrected chi connectivity index (χ0v) is 11.1. The molecule has 0 aliphatic carbocycles. The van der Waals surface area contributed by atoms with Gasteiger partial charge in [-0.05, 0) is 31.0 Å². The largest absolute Gasteiger partial charge is 0.493 e. The molecule has 0 aliphatic heterocycles. The van der Waals surface area contributed by atoms with Crippen LogP contribution in [0.2, 0.25) is 5.02 Å². The standard InChI is InChI=1S/C14H18ClNO/c1-3-14(4-2,11-16)8-9-17-13-7-5-6-12(15)10-13/h5-7,10H,3-4,8-9H2,1-2H3. The highest BCUT2D eigenvalue weighted by atomic mass is 35.5. The van der Waals surface area contributed by atoms with Gasteiger partial charge in [0.15, 0.2) is 0 Å². The fourth-order valence-corrected chi connectivity index (χ4v) is 1.92. The van der Waals surface area contributed by atoms with Crippen LogP contribution in [0.3, 0.4) is 0 Å². The fourth-order valence-electron chi connectivity index (χ4n) is 1.74. The first kappa shape index (κ1) is 13.9. The Labute approximate surface area is 108 Å². The highest BCUT2D eigenvalue weighted by Gasteiger charge is 2.25. The highest BCUT2D eigenvalue weighted by Crippen LogP contribution is 2.29. The average Bonchev–Trinajstić information content (AvgIpc) is 2.35. The molecule has 2 nitrogen and oxygen atoms in total. The molecule has 0 spiro atoms. The molecule has 0 bridgehead atoms. The summed E-state index contributed by atoms with van der Waals surface area (Å²) in [7, 11) is 0. The summed E-state index contributed by atoms with van der Waals surface area (Å²) in [6.07, 6.45) is 2.47. The number of ether oxygens (including phenoxy) is 1. The summed E-state index contributed by atoms with van der Waals surface area (Å²) < 4.78 is 5.61. The second-order valence-corrected chi connectivity index (χ2v) is 4.59. The Morgan fingerprint density at radius 2 is 2.06 bits per heavy atom. The van der Waals surface area contributed by atoms with E-state index in [1.165, 1.54) is 0 Å². The zero-order valence-electron chi connectivity index (χ0n) is 10.4. The quantitative estimate of drug-likeness (QED) is 0.749. The van der Waals surface area contributed by atoms with Gasteiger partial charge in [-0.2, -0.15) is 5.26 Å². The van der Waals surface area contributed by atoms with Crippen molar-refractivity contribution >= 4 is 11.6 Å². The van der Waals surface area contributed by atoms with E-state index in [-0.39, 0.29) is 5.41 Å². The van der Waals surface area contributed by atoms with Crippen molar-refractivity contribution in [2.24, 2.45) is 5.41 Å². The Morgan fingerprint density at radius 3 is 2.59 bits per heavy atom. The van der Waals surface area contributed by atoms with Crippen molar-refractivity contribution in [3.05, 3.63) is 29.3 Å². The van der Waals surface area contributed by atoms with Gasteiger partial charge in [0, 0.05) is 11.4 Å². The van der Waals surface area contributed by atoms with Crippen LogP contribution in [-0.4, -0.2) is 6.61 Å². The average molecular weight is 252 g/mol. The number of nitriles is 1. The molecule has 0 saturated carbocycles. The first-order valence-corrected chi connectivity index (χ1v) is 6.33. The smallest absolute Gasteiger partial charge is 0.120 e. The molecule has 17 heavy (non-hydrogen) atoms. The van der Waals surface area contributed by atoms with Gasteiger partial charge in [0.05, 0.1) is 18.1 Å². The number of halogens is 1. The molecule has 0 atom stereocenters. The summed E-state index contributed by atoms with van der Waals surface area (Å²) >= 11 is 5.86. The van der Waals surface area contributed by atoms with Crippen LogP contribution in [0.1, 0.15) is 33.1 Å². The zero-order chi connectivity index (χ0) is 12.7. The van der Waals surface area contributed by atoms with Gasteiger partial charge in [-0.25, -0.2) is 0 Å². The predicted molar refractivity (Wildman–Crippen MR) is 70.2 cm³/mol. The Kier molecular flexibility index (Phi) is 5.31. The van der Waals surface area contributed by atoms with E-state index in [0.717, 1.165) is 25.0 Å². The number of rotatable bonds is 6. The summed E-state index contributed by atoms with van der Waals surface area (Å²) in [6.45, 7) is 4.65. The molecule has 92 valence electrons. The van der Waals surface area contributed by atoms with Crippen LogP contribution in [0, 0.1) is 16.7 Å². The number of benzene rings is 1. The summed E-state index contributed by atoms with van der Waals surface area (Å²) in [5, 5.41) is 9.86. The third kappa shape index (κ3) is 3.94. The molecule has 1 aromatic rings. The van der Waals surface area contributed by atoms with E-state index in [1.807, 2.05) is 32.0 Å². The maximum atomic E-state index is 9.19. The monoisotopic (exact) mass is 251 g/mol. The topological polar surface area (TPSA) is 33.0 Å². The lowest BCUT2D eigenvalue weighted by molar-refractivity contribution is 0.231. The van der Waals surface area contributed by atoms with E-state index in [0.29, 0.717) is 11.6 Å². The Bertz CT molecular complexity index is 393. The van der Waals surface area contributed by atoms with Gasteiger partial charge >= 0.3 is 0 Å². The van der Waals surface area contributed by atoms with Gasteiger partial charge in [-0.3, -0.25) is 0 Å². The molecule has 0 heterocycles. The van der Waals surface area contributed by atoms with Crippen LogP contribution >= 0.6 is 11.6 Å². The molecular weight excluding hydrogens is 234 g/mol. The fraction of sp³-hybridized carbons (Fsp3) is 0.500. The molecule has 0 N–H and O–H groups in total. The lowest BCUT2D eigenvalue weighted by Gasteiger charge is -2.23. The van der Waals surface area contributed by atoms with Crippen molar-refractivity contribution in [3.8, 4) is 11.8 Å². The lowest BCUT2D eigenvalue weighted by atomic mass is 9.81. The second-order valence-electron chi connectivity index (χ2n) is 4.16. The Hall–Kier alpha value is -1.20. The molecule has 0 unspecified atom stereocenters. The molecular formula is C14H18ClNO. The van der Waals surface area contributed by atoms with E-state index >= 15 is 0 Å². The van der Waals surface area contributed by atoms with Gasteiger partial charge in [0.2, 0.25) is 0 Å². The van der Waals surface area contributed by atoms with Crippen molar-refractivity contribution in [1.82, 2.24) is 0 Å². The summed E-state index contributed by atoms with van der Waals surface area (Å²) in [4.78, 5) is 0. The summed E-state index contributed by atoms with van der Waals surface area (Å²) in [5.41, 5.74) is -0.251. The number of hydrogen-bond donors (Lipinski definition) is 0. The first-order valence-electron chi connectivity index (χ1n) is 5.95. The highest BCUT2D eigenvalue weighted by molar-refractivity contribution is 6.30. The molecule has 0 saturated heterocycles. The van der Waals surface area contributed by atoms with E-state index in [1.54, 1.807) is 6.07 Å². The van der Waals surface area contributed by atoms with Crippen molar-refractivity contribution in [2.45, 2.75) is 33.1 Å². The molecule has 1 aromatic carbocycles. The van der Waals surface area contributed by atoms with Crippen LogP contribution in [0.5, 0.6) is 5.75 Å².